The average molecular weight is 203 g/mol. The van der Waals surface area contributed by atoms with E-state index in [2.05, 4.69) is 11.2 Å². The van der Waals surface area contributed by atoms with E-state index < -0.39 is 5.97 Å². The predicted molar refractivity (Wildman–Crippen MR) is 55.2 cm³/mol. The lowest BCUT2D eigenvalue weighted by Gasteiger charge is -2.36. The van der Waals surface area contributed by atoms with Crippen molar-refractivity contribution in [2.45, 2.75) is 12.8 Å². The van der Waals surface area contributed by atoms with E-state index in [0.717, 1.165) is 19.6 Å². The molecule has 1 aliphatic rings. The third kappa shape index (κ3) is 3.56. The maximum Gasteiger partial charge on any atom is 0.309 e. The molecule has 0 spiro atoms. The minimum atomic E-state index is -0.639. The van der Waals surface area contributed by atoms with Crippen molar-refractivity contribution in [1.29, 1.82) is 0 Å². The fourth-order valence-electron chi connectivity index (χ4n) is 1.49. The first-order valence-electron chi connectivity index (χ1n) is 4.68. The number of nitrogens with zero attached hydrogens (tertiary/aromatic N) is 1. The average Bonchev–Trinajstić information content (AvgIpc) is 2.00. The highest BCUT2D eigenvalue weighted by atomic mass is 32.2. The summed E-state index contributed by atoms with van der Waals surface area (Å²) in [7, 11) is 0. The lowest BCUT2D eigenvalue weighted by Crippen LogP contribution is -2.50. The van der Waals surface area contributed by atoms with Gasteiger partial charge in [0.05, 0.1) is 5.92 Å². The fourth-order valence-corrected chi connectivity index (χ4v) is 1.98. The van der Waals surface area contributed by atoms with Gasteiger partial charge >= 0.3 is 5.97 Å². The number of hydrogen-bond acceptors (Lipinski definition) is 3. The molecule has 13 heavy (non-hydrogen) atoms. The Balaban J connectivity index is 1.93. The summed E-state index contributed by atoms with van der Waals surface area (Å²) in [6.07, 6.45) is 4.56. The molecule has 0 aromatic carbocycles. The number of carbonyl (C=O) groups is 1. The number of likely N-dealkylation sites (tertiary alicyclic amines) is 1. The van der Waals surface area contributed by atoms with E-state index in [1.54, 1.807) is 0 Å². The summed E-state index contributed by atoms with van der Waals surface area (Å²) >= 11 is 1.87. The molecule has 4 heteroatoms. The number of rotatable bonds is 6. The molecule has 0 saturated carbocycles. The van der Waals surface area contributed by atoms with Crippen LogP contribution in [-0.2, 0) is 4.79 Å². The molecule has 0 bridgehead atoms. The Morgan fingerprint density at radius 3 is 2.77 bits per heavy atom. The van der Waals surface area contributed by atoms with Crippen molar-refractivity contribution < 1.29 is 9.90 Å². The van der Waals surface area contributed by atoms with Gasteiger partial charge in [-0.3, -0.25) is 4.79 Å². The van der Waals surface area contributed by atoms with Gasteiger partial charge in [0.15, 0.2) is 0 Å². The molecule has 0 aromatic rings. The van der Waals surface area contributed by atoms with Gasteiger partial charge in [-0.15, -0.1) is 0 Å². The number of hydrogen-bond donors (Lipinski definition) is 1. The van der Waals surface area contributed by atoms with E-state index in [1.807, 2.05) is 11.8 Å². The molecule has 0 radical (unpaired) electrons. The maximum atomic E-state index is 10.5. The van der Waals surface area contributed by atoms with E-state index in [1.165, 1.54) is 18.6 Å². The van der Waals surface area contributed by atoms with Crippen LogP contribution in [0.5, 0.6) is 0 Å². The van der Waals surface area contributed by atoms with E-state index >= 15 is 0 Å². The molecule has 0 aliphatic carbocycles. The van der Waals surface area contributed by atoms with Gasteiger partial charge in [-0.1, -0.05) is 0 Å². The molecule has 1 saturated heterocycles. The van der Waals surface area contributed by atoms with Gasteiger partial charge in [0.25, 0.3) is 0 Å². The molecule has 1 fully saturated rings. The first kappa shape index (κ1) is 10.9. The van der Waals surface area contributed by atoms with Crippen LogP contribution in [0.4, 0.5) is 0 Å². The lowest BCUT2D eigenvalue weighted by atomic mass is 10.0. The molecule has 1 rings (SSSR count). The first-order valence-corrected chi connectivity index (χ1v) is 6.07. The van der Waals surface area contributed by atoms with Crippen LogP contribution in [0, 0.1) is 5.92 Å². The van der Waals surface area contributed by atoms with Gasteiger partial charge in [0.2, 0.25) is 0 Å². The second-order valence-electron chi connectivity index (χ2n) is 3.49. The molecule has 1 N–H and O–H groups in total. The second-order valence-corrected chi connectivity index (χ2v) is 4.48. The summed E-state index contributed by atoms with van der Waals surface area (Å²) in [5, 5.41) is 8.63. The lowest BCUT2D eigenvalue weighted by molar-refractivity contribution is -0.147. The molecule has 1 heterocycles. The molecular weight excluding hydrogens is 186 g/mol. The molecule has 0 amide bonds. The Morgan fingerprint density at radius 1 is 1.54 bits per heavy atom. The number of aliphatic carboxylic acids is 1. The Labute approximate surface area is 83.5 Å². The van der Waals surface area contributed by atoms with Crippen LogP contribution < -0.4 is 0 Å². The zero-order valence-corrected chi connectivity index (χ0v) is 8.85. The summed E-state index contributed by atoms with van der Waals surface area (Å²) in [5.41, 5.74) is 0. The van der Waals surface area contributed by atoms with Crippen LogP contribution in [0.15, 0.2) is 0 Å². The molecular formula is C9H17NO2S. The van der Waals surface area contributed by atoms with Crippen LogP contribution in [0.3, 0.4) is 0 Å². The van der Waals surface area contributed by atoms with Gasteiger partial charge in [-0.25, -0.2) is 0 Å². The van der Waals surface area contributed by atoms with Crippen molar-refractivity contribution in [1.82, 2.24) is 4.90 Å². The predicted octanol–water partition coefficient (Wildman–Crippen LogP) is 1.15. The largest absolute Gasteiger partial charge is 0.481 e. The topological polar surface area (TPSA) is 40.5 Å². The quantitative estimate of drug-likeness (QED) is 0.657. The minimum absolute atomic E-state index is 0.0967. The van der Waals surface area contributed by atoms with Crippen molar-refractivity contribution in [2.24, 2.45) is 5.92 Å². The van der Waals surface area contributed by atoms with Crippen LogP contribution in [0.2, 0.25) is 0 Å². The summed E-state index contributed by atoms with van der Waals surface area (Å²) in [4.78, 5) is 12.7. The Hall–Kier alpha value is -0.220. The summed E-state index contributed by atoms with van der Waals surface area (Å²) in [5.74, 6) is 0.483. The number of carboxylic acid groups (broad SMARTS) is 1. The van der Waals surface area contributed by atoms with Gasteiger partial charge < -0.3 is 10.0 Å². The highest BCUT2D eigenvalue weighted by Crippen LogP contribution is 2.16. The van der Waals surface area contributed by atoms with Crippen LogP contribution in [0.1, 0.15) is 12.8 Å². The van der Waals surface area contributed by atoms with E-state index in [-0.39, 0.29) is 5.92 Å². The molecule has 3 nitrogen and oxygen atoms in total. The van der Waals surface area contributed by atoms with Crippen molar-refractivity contribution in [2.75, 3.05) is 31.6 Å². The summed E-state index contributed by atoms with van der Waals surface area (Å²) in [6.45, 7) is 2.59. The zero-order chi connectivity index (χ0) is 9.68. The van der Waals surface area contributed by atoms with E-state index in [9.17, 15) is 4.79 Å². The van der Waals surface area contributed by atoms with E-state index in [0.29, 0.717) is 0 Å². The molecule has 76 valence electrons. The van der Waals surface area contributed by atoms with Crippen molar-refractivity contribution in [3.8, 4) is 0 Å². The van der Waals surface area contributed by atoms with Gasteiger partial charge in [-0.2, -0.15) is 11.8 Å². The monoisotopic (exact) mass is 203 g/mol. The molecule has 0 unspecified atom stereocenters. The first-order chi connectivity index (χ1) is 6.24. The van der Waals surface area contributed by atoms with Gasteiger partial charge in [0, 0.05) is 13.1 Å². The second kappa shape index (κ2) is 5.50. The van der Waals surface area contributed by atoms with Crippen LogP contribution in [0.25, 0.3) is 0 Å². The normalized spacial score (nSPS) is 18.5. The summed E-state index contributed by atoms with van der Waals surface area (Å²) in [6, 6.07) is 0. The minimum Gasteiger partial charge on any atom is -0.481 e. The zero-order valence-electron chi connectivity index (χ0n) is 8.03. The van der Waals surface area contributed by atoms with Crippen molar-refractivity contribution in [3.63, 3.8) is 0 Å². The Bertz CT molecular complexity index is 169. The standard InChI is InChI=1S/C9H17NO2S/c1-13-5-3-2-4-10-6-8(7-10)9(11)12/h8H,2-7H2,1H3,(H,11,12). The Kier molecular flexibility index (Phi) is 4.59. The Morgan fingerprint density at radius 2 is 2.23 bits per heavy atom. The third-order valence-corrected chi connectivity index (χ3v) is 3.08. The molecule has 0 aromatic heterocycles. The number of thioether (sulfide) groups is 1. The highest BCUT2D eigenvalue weighted by Gasteiger charge is 2.31. The van der Waals surface area contributed by atoms with Crippen molar-refractivity contribution in [3.05, 3.63) is 0 Å². The maximum absolute atomic E-state index is 10.5. The highest BCUT2D eigenvalue weighted by molar-refractivity contribution is 7.98. The van der Waals surface area contributed by atoms with Gasteiger partial charge in [0.1, 0.15) is 0 Å². The fraction of sp³-hybridized carbons (Fsp3) is 0.889. The third-order valence-electron chi connectivity index (χ3n) is 2.38. The summed E-state index contributed by atoms with van der Waals surface area (Å²) < 4.78 is 0. The number of carboxylic acids is 1. The SMILES string of the molecule is CSCCCCN1CC(C(=O)O)C1. The molecule has 1 aliphatic heterocycles. The number of unbranched alkanes of at least 4 members (excludes halogenated alkanes) is 1. The van der Waals surface area contributed by atoms with Crippen LogP contribution in [-0.4, -0.2) is 47.6 Å². The van der Waals surface area contributed by atoms with E-state index in [4.69, 9.17) is 5.11 Å². The van der Waals surface area contributed by atoms with Crippen molar-refractivity contribution >= 4 is 17.7 Å². The van der Waals surface area contributed by atoms with Crippen LogP contribution >= 0.6 is 11.8 Å². The molecule has 0 atom stereocenters. The van der Waals surface area contributed by atoms with Gasteiger partial charge in [-0.05, 0) is 31.4 Å². The smallest absolute Gasteiger partial charge is 0.309 e.